The first kappa shape index (κ1) is 11.5. The van der Waals surface area contributed by atoms with E-state index in [9.17, 15) is 4.79 Å². The number of carbonyl (C=O) groups is 1. The van der Waals surface area contributed by atoms with Crippen molar-refractivity contribution in [2.75, 3.05) is 0 Å². The van der Waals surface area contributed by atoms with Crippen LogP contribution in [0.1, 0.15) is 25.3 Å². The Kier molecular flexibility index (Phi) is 4.61. The first-order valence-corrected chi connectivity index (χ1v) is 5.20. The summed E-state index contributed by atoms with van der Waals surface area (Å²) in [6, 6.07) is 9.74. The lowest BCUT2D eigenvalue weighted by Gasteiger charge is -2.04. The number of carboxylic acids is 1. The van der Waals surface area contributed by atoms with E-state index in [1.165, 1.54) is 0 Å². The standard InChI is InChI=1S/C13H16O2/c1-2-6-12(13(14)15)10-9-11-7-4-3-5-8-11/h3-5,7-10,12H,2,6H2,1H3,(H,14,15). The third-order valence-electron chi connectivity index (χ3n) is 2.24. The number of hydrogen-bond donors (Lipinski definition) is 1. The molecule has 0 radical (unpaired) electrons. The summed E-state index contributed by atoms with van der Waals surface area (Å²) in [5.41, 5.74) is 1.04. The molecule has 0 aromatic heterocycles. The Bertz CT molecular complexity index is 328. The van der Waals surface area contributed by atoms with Gasteiger partial charge in [0.1, 0.15) is 0 Å². The number of rotatable bonds is 5. The maximum Gasteiger partial charge on any atom is 0.310 e. The van der Waals surface area contributed by atoms with Crippen LogP contribution >= 0.6 is 0 Å². The van der Waals surface area contributed by atoms with Crippen molar-refractivity contribution in [1.29, 1.82) is 0 Å². The molecule has 0 aliphatic carbocycles. The molecule has 2 heteroatoms. The molecule has 1 rings (SSSR count). The molecule has 2 nitrogen and oxygen atoms in total. The Hall–Kier alpha value is -1.57. The Morgan fingerprint density at radius 2 is 2.07 bits per heavy atom. The summed E-state index contributed by atoms with van der Waals surface area (Å²) in [5, 5.41) is 8.93. The largest absolute Gasteiger partial charge is 0.481 e. The van der Waals surface area contributed by atoms with Crippen LogP contribution in [0.4, 0.5) is 0 Å². The molecule has 15 heavy (non-hydrogen) atoms. The zero-order valence-corrected chi connectivity index (χ0v) is 8.89. The highest BCUT2D eigenvalue weighted by molar-refractivity contribution is 5.73. The van der Waals surface area contributed by atoms with Crippen LogP contribution in [0, 0.1) is 5.92 Å². The van der Waals surface area contributed by atoms with Crippen LogP contribution in [0.5, 0.6) is 0 Å². The summed E-state index contributed by atoms with van der Waals surface area (Å²) in [4.78, 5) is 10.9. The van der Waals surface area contributed by atoms with Crippen molar-refractivity contribution < 1.29 is 9.90 Å². The fraction of sp³-hybridized carbons (Fsp3) is 0.308. The number of hydrogen-bond acceptors (Lipinski definition) is 1. The quantitative estimate of drug-likeness (QED) is 0.799. The molecular formula is C13H16O2. The van der Waals surface area contributed by atoms with Gasteiger partial charge in [0.25, 0.3) is 0 Å². The van der Waals surface area contributed by atoms with Gasteiger partial charge < -0.3 is 5.11 Å². The van der Waals surface area contributed by atoms with E-state index in [2.05, 4.69) is 0 Å². The molecule has 0 aliphatic heterocycles. The summed E-state index contributed by atoms with van der Waals surface area (Å²) >= 11 is 0. The lowest BCUT2D eigenvalue weighted by atomic mass is 10.0. The van der Waals surface area contributed by atoms with Crippen LogP contribution in [0.2, 0.25) is 0 Å². The summed E-state index contributed by atoms with van der Waals surface area (Å²) in [5.74, 6) is -1.11. The summed E-state index contributed by atoms with van der Waals surface area (Å²) in [6.07, 6.45) is 5.21. The van der Waals surface area contributed by atoms with E-state index in [1.807, 2.05) is 43.3 Å². The maximum absolute atomic E-state index is 10.9. The molecule has 0 spiro atoms. The van der Waals surface area contributed by atoms with Gasteiger partial charge in [0.05, 0.1) is 5.92 Å². The van der Waals surface area contributed by atoms with Crippen LogP contribution in [-0.4, -0.2) is 11.1 Å². The van der Waals surface area contributed by atoms with Gasteiger partial charge in [-0.1, -0.05) is 55.8 Å². The van der Waals surface area contributed by atoms with Gasteiger partial charge >= 0.3 is 5.97 Å². The van der Waals surface area contributed by atoms with E-state index in [0.717, 1.165) is 12.0 Å². The van der Waals surface area contributed by atoms with Gasteiger partial charge in [-0.05, 0) is 12.0 Å². The van der Waals surface area contributed by atoms with Crippen LogP contribution in [0.25, 0.3) is 6.08 Å². The van der Waals surface area contributed by atoms with E-state index < -0.39 is 5.97 Å². The molecule has 0 amide bonds. The van der Waals surface area contributed by atoms with Crippen molar-refractivity contribution in [1.82, 2.24) is 0 Å². The zero-order chi connectivity index (χ0) is 11.1. The van der Waals surface area contributed by atoms with Crippen LogP contribution in [0.15, 0.2) is 36.4 Å². The summed E-state index contributed by atoms with van der Waals surface area (Å²) in [6.45, 7) is 1.99. The minimum atomic E-state index is -0.746. The van der Waals surface area contributed by atoms with Gasteiger partial charge in [0.15, 0.2) is 0 Å². The molecule has 0 bridgehead atoms. The maximum atomic E-state index is 10.9. The van der Waals surface area contributed by atoms with Crippen molar-refractivity contribution in [2.45, 2.75) is 19.8 Å². The minimum Gasteiger partial charge on any atom is -0.481 e. The number of aliphatic carboxylic acids is 1. The Balaban J connectivity index is 2.65. The zero-order valence-electron chi connectivity index (χ0n) is 8.89. The molecule has 0 heterocycles. The summed E-state index contributed by atoms with van der Waals surface area (Å²) < 4.78 is 0. The van der Waals surface area contributed by atoms with Gasteiger partial charge in [0.2, 0.25) is 0 Å². The van der Waals surface area contributed by atoms with Crippen molar-refractivity contribution in [3.63, 3.8) is 0 Å². The van der Waals surface area contributed by atoms with Crippen LogP contribution in [-0.2, 0) is 4.79 Å². The van der Waals surface area contributed by atoms with E-state index in [0.29, 0.717) is 6.42 Å². The fourth-order valence-electron chi connectivity index (χ4n) is 1.40. The molecule has 0 saturated carbocycles. The molecular weight excluding hydrogens is 188 g/mol. The van der Waals surface area contributed by atoms with Gasteiger partial charge in [-0.2, -0.15) is 0 Å². The molecule has 0 aliphatic rings. The van der Waals surface area contributed by atoms with Crippen LogP contribution < -0.4 is 0 Å². The lowest BCUT2D eigenvalue weighted by molar-refractivity contribution is -0.140. The topological polar surface area (TPSA) is 37.3 Å². The third-order valence-corrected chi connectivity index (χ3v) is 2.24. The number of carboxylic acid groups (broad SMARTS) is 1. The Morgan fingerprint density at radius 1 is 1.40 bits per heavy atom. The molecule has 1 aromatic rings. The predicted octanol–water partition coefficient (Wildman–Crippen LogP) is 3.20. The van der Waals surface area contributed by atoms with Crippen molar-refractivity contribution in [3.8, 4) is 0 Å². The van der Waals surface area contributed by atoms with Crippen molar-refractivity contribution >= 4 is 12.0 Å². The lowest BCUT2D eigenvalue weighted by Crippen LogP contribution is -2.10. The van der Waals surface area contributed by atoms with Gasteiger partial charge in [-0.15, -0.1) is 0 Å². The van der Waals surface area contributed by atoms with E-state index in [1.54, 1.807) is 6.08 Å². The first-order valence-electron chi connectivity index (χ1n) is 5.20. The normalized spacial score (nSPS) is 12.9. The fourth-order valence-corrected chi connectivity index (χ4v) is 1.40. The Morgan fingerprint density at radius 3 is 2.60 bits per heavy atom. The van der Waals surface area contributed by atoms with Crippen molar-refractivity contribution in [2.24, 2.45) is 5.92 Å². The molecule has 1 atom stereocenters. The Labute approximate surface area is 90.3 Å². The van der Waals surface area contributed by atoms with Gasteiger partial charge in [-0.25, -0.2) is 0 Å². The third kappa shape index (κ3) is 3.98. The molecule has 0 saturated heterocycles. The second kappa shape index (κ2) is 6.02. The molecule has 1 aromatic carbocycles. The SMILES string of the molecule is CCCC(C=Cc1ccccc1)C(=O)O. The highest BCUT2D eigenvalue weighted by Crippen LogP contribution is 2.11. The van der Waals surface area contributed by atoms with E-state index >= 15 is 0 Å². The molecule has 1 unspecified atom stereocenters. The van der Waals surface area contributed by atoms with Gasteiger partial charge in [0, 0.05) is 0 Å². The average Bonchev–Trinajstić information content (AvgIpc) is 2.25. The minimum absolute atomic E-state index is 0.366. The average molecular weight is 204 g/mol. The molecule has 0 fully saturated rings. The second-order valence-electron chi connectivity index (χ2n) is 3.50. The smallest absolute Gasteiger partial charge is 0.310 e. The van der Waals surface area contributed by atoms with Crippen molar-refractivity contribution in [3.05, 3.63) is 42.0 Å². The number of benzene rings is 1. The van der Waals surface area contributed by atoms with E-state index in [-0.39, 0.29) is 5.92 Å². The monoisotopic (exact) mass is 204 g/mol. The first-order chi connectivity index (χ1) is 7.24. The molecule has 80 valence electrons. The highest BCUT2D eigenvalue weighted by atomic mass is 16.4. The summed E-state index contributed by atoms with van der Waals surface area (Å²) in [7, 11) is 0. The highest BCUT2D eigenvalue weighted by Gasteiger charge is 2.11. The van der Waals surface area contributed by atoms with E-state index in [4.69, 9.17) is 5.11 Å². The van der Waals surface area contributed by atoms with Gasteiger partial charge in [-0.3, -0.25) is 4.79 Å². The predicted molar refractivity (Wildman–Crippen MR) is 61.5 cm³/mol. The second-order valence-corrected chi connectivity index (χ2v) is 3.50. The molecule has 1 N–H and O–H groups in total. The van der Waals surface area contributed by atoms with Crippen LogP contribution in [0.3, 0.4) is 0 Å².